The van der Waals surface area contributed by atoms with Gasteiger partial charge in [0.05, 0.1) is 5.60 Å². The lowest BCUT2D eigenvalue weighted by atomic mass is 9.95. The summed E-state index contributed by atoms with van der Waals surface area (Å²) in [5.74, 6) is 0.928. The van der Waals surface area contributed by atoms with Gasteiger partial charge in [0.15, 0.2) is 0 Å². The summed E-state index contributed by atoms with van der Waals surface area (Å²) in [6.45, 7) is 9.95. The first-order valence-electron chi connectivity index (χ1n) is 8.96. The molecule has 1 atom stereocenters. The summed E-state index contributed by atoms with van der Waals surface area (Å²) >= 11 is 0. The van der Waals surface area contributed by atoms with Gasteiger partial charge >= 0.3 is 0 Å². The molecular weight excluding hydrogens is 262 g/mol. The SMILES string of the molecule is CC(O)(CN)CCCCN1CCC(CN2CCCC2)CC1. The fraction of sp³-hybridized carbons (Fsp3) is 1.00. The molecule has 2 aliphatic rings. The molecule has 2 fully saturated rings. The highest BCUT2D eigenvalue weighted by atomic mass is 16.3. The fourth-order valence-electron chi connectivity index (χ4n) is 3.67. The van der Waals surface area contributed by atoms with Crippen molar-refractivity contribution in [3.8, 4) is 0 Å². The van der Waals surface area contributed by atoms with Gasteiger partial charge in [0, 0.05) is 13.1 Å². The van der Waals surface area contributed by atoms with Crippen molar-refractivity contribution in [3.05, 3.63) is 0 Å². The van der Waals surface area contributed by atoms with E-state index in [0.29, 0.717) is 6.54 Å². The van der Waals surface area contributed by atoms with Crippen LogP contribution in [0.4, 0.5) is 0 Å². The molecule has 2 aliphatic heterocycles. The molecule has 0 spiro atoms. The smallest absolute Gasteiger partial charge is 0.0741 e. The molecule has 0 aromatic carbocycles. The molecule has 2 heterocycles. The number of piperidine rings is 1. The minimum atomic E-state index is -0.664. The number of hydrogen-bond donors (Lipinski definition) is 2. The van der Waals surface area contributed by atoms with E-state index in [0.717, 1.165) is 18.8 Å². The number of nitrogens with zero attached hydrogens (tertiary/aromatic N) is 2. The minimum absolute atomic E-state index is 0.370. The molecule has 0 aromatic heterocycles. The lowest BCUT2D eigenvalue weighted by Gasteiger charge is -2.34. The molecular formula is C17H35N3O. The van der Waals surface area contributed by atoms with Gasteiger partial charge in [0.2, 0.25) is 0 Å². The monoisotopic (exact) mass is 297 g/mol. The summed E-state index contributed by atoms with van der Waals surface area (Å²) in [5, 5.41) is 9.89. The molecule has 0 radical (unpaired) electrons. The predicted molar refractivity (Wildman–Crippen MR) is 88.4 cm³/mol. The minimum Gasteiger partial charge on any atom is -0.389 e. The van der Waals surface area contributed by atoms with Crippen molar-refractivity contribution >= 4 is 0 Å². The van der Waals surface area contributed by atoms with Crippen LogP contribution in [0.3, 0.4) is 0 Å². The van der Waals surface area contributed by atoms with E-state index >= 15 is 0 Å². The highest BCUT2D eigenvalue weighted by Gasteiger charge is 2.23. The topological polar surface area (TPSA) is 52.7 Å². The van der Waals surface area contributed by atoms with Crippen LogP contribution in [0.1, 0.15) is 51.9 Å². The molecule has 1 unspecified atom stereocenters. The van der Waals surface area contributed by atoms with Gasteiger partial charge in [-0.2, -0.15) is 0 Å². The Kier molecular flexibility index (Phi) is 6.93. The molecule has 124 valence electrons. The molecule has 4 nitrogen and oxygen atoms in total. The van der Waals surface area contributed by atoms with Gasteiger partial charge in [-0.15, -0.1) is 0 Å². The first kappa shape index (κ1) is 17.2. The quantitative estimate of drug-likeness (QED) is 0.669. The summed E-state index contributed by atoms with van der Waals surface area (Å²) < 4.78 is 0. The van der Waals surface area contributed by atoms with Crippen molar-refractivity contribution < 1.29 is 5.11 Å². The van der Waals surface area contributed by atoms with Crippen LogP contribution in [-0.4, -0.2) is 66.3 Å². The molecule has 3 N–H and O–H groups in total. The molecule has 4 heteroatoms. The van der Waals surface area contributed by atoms with Gasteiger partial charge in [0.1, 0.15) is 0 Å². The zero-order valence-corrected chi connectivity index (χ0v) is 13.9. The number of likely N-dealkylation sites (tertiary alicyclic amines) is 2. The maximum Gasteiger partial charge on any atom is 0.0741 e. The maximum atomic E-state index is 9.89. The Balaban J connectivity index is 1.52. The number of hydrogen-bond acceptors (Lipinski definition) is 4. The Bertz CT molecular complexity index is 282. The van der Waals surface area contributed by atoms with Crippen LogP contribution in [-0.2, 0) is 0 Å². The first-order valence-corrected chi connectivity index (χ1v) is 8.96. The zero-order chi connectivity index (χ0) is 15.1. The van der Waals surface area contributed by atoms with Crippen LogP contribution in [0.15, 0.2) is 0 Å². The second-order valence-electron chi connectivity index (χ2n) is 7.45. The van der Waals surface area contributed by atoms with E-state index < -0.39 is 5.60 Å². The molecule has 0 saturated carbocycles. The van der Waals surface area contributed by atoms with Crippen molar-refractivity contribution in [1.82, 2.24) is 9.80 Å². The number of unbranched alkanes of at least 4 members (excludes halogenated alkanes) is 1. The largest absolute Gasteiger partial charge is 0.389 e. The standard InChI is InChI=1S/C17H35N3O/c1-17(21,15-18)8-2-3-9-19-12-6-16(7-13-19)14-20-10-4-5-11-20/h16,21H,2-15,18H2,1H3. The third-order valence-electron chi connectivity index (χ3n) is 5.30. The van der Waals surface area contributed by atoms with Crippen molar-refractivity contribution in [2.75, 3.05) is 45.8 Å². The van der Waals surface area contributed by atoms with E-state index in [4.69, 9.17) is 5.73 Å². The van der Waals surface area contributed by atoms with Crippen molar-refractivity contribution in [2.24, 2.45) is 11.7 Å². The fourth-order valence-corrected chi connectivity index (χ4v) is 3.67. The zero-order valence-electron chi connectivity index (χ0n) is 13.9. The molecule has 2 rings (SSSR count). The van der Waals surface area contributed by atoms with Crippen LogP contribution >= 0.6 is 0 Å². The molecule has 0 amide bonds. The second-order valence-corrected chi connectivity index (χ2v) is 7.45. The molecule has 21 heavy (non-hydrogen) atoms. The van der Waals surface area contributed by atoms with Gasteiger partial charge in [-0.1, -0.05) is 0 Å². The average molecular weight is 297 g/mol. The van der Waals surface area contributed by atoms with E-state index in [2.05, 4.69) is 9.80 Å². The van der Waals surface area contributed by atoms with Gasteiger partial charge in [-0.3, -0.25) is 0 Å². The molecule has 0 bridgehead atoms. The van der Waals surface area contributed by atoms with Crippen molar-refractivity contribution in [2.45, 2.75) is 57.5 Å². The number of nitrogens with two attached hydrogens (primary N) is 1. The highest BCUT2D eigenvalue weighted by molar-refractivity contribution is 4.78. The normalized spacial score (nSPS) is 25.3. The molecule has 0 aromatic rings. The van der Waals surface area contributed by atoms with Crippen molar-refractivity contribution in [1.29, 1.82) is 0 Å². The molecule has 2 saturated heterocycles. The van der Waals surface area contributed by atoms with Gasteiger partial charge in [-0.25, -0.2) is 0 Å². The summed E-state index contributed by atoms with van der Waals surface area (Å²) in [6, 6.07) is 0. The van der Waals surface area contributed by atoms with Crippen LogP contribution in [0, 0.1) is 5.92 Å². The van der Waals surface area contributed by atoms with Gasteiger partial charge in [0.25, 0.3) is 0 Å². The van der Waals surface area contributed by atoms with Crippen LogP contribution < -0.4 is 5.73 Å². The summed E-state index contributed by atoms with van der Waals surface area (Å²) in [4.78, 5) is 5.27. The Morgan fingerprint density at radius 1 is 1.05 bits per heavy atom. The van der Waals surface area contributed by atoms with E-state index in [1.807, 2.05) is 6.92 Å². The second kappa shape index (κ2) is 8.47. The van der Waals surface area contributed by atoms with Crippen LogP contribution in [0.5, 0.6) is 0 Å². The van der Waals surface area contributed by atoms with E-state index in [-0.39, 0.29) is 0 Å². The van der Waals surface area contributed by atoms with Crippen LogP contribution in [0.2, 0.25) is 0 Å². The van der Waals surface area contributed by atoms with Crippen molar-refractivity contribution in [3.63, 3.8) is 0 Å². The summed E-state index contributed by atoms with van der Waals surface area (Å²) in [6.07, 6.45) is 8.66. The van der Waals surface area contributed by atoms with Gasteiger partial charge < -0.3 is 20.6 Å². The summed E-state index contributed by atoms with van der Waals surface area (Å²) in [5.41, 5.74) is 4.89. The Morgan fingerprint density at radius 3 is 2.33 bits per heavy atom. The van der Waals surface area contributed by atoms with E-state index in [1.54, 1.807) is 0 Å². The molecule has 0 aliphatic carbocycles. The Hall–Kier alpha value is -0.160. The first-order chi connectivity index (χ1) is 10.1. The Morgan fingerprint density at radius 2 is 1.71 bits per heavy atom. The lowest BCUT2D eigenvalue weighted by Crippen LogP contribution is -2.38. The Labute approximate surface area is 130 Å². The number of aliphatic hydroxyl groups is 1. The predicted octanol–water partition coefficient (Wildman–Crippen LogP) is 1.67. The summed E-state index contributed by atoms with van der Waals surface area (Å²) in [7, 11) is 0. The average Bonchev–Trinajstić information content (AvgIpc) is 2.98. The van der Waals surface area contributed by atoms with Gasteiger partial charge in [-0.05, 0) is 90.5 Å². The number of rotatable bonds is 8. The maximum absolute atomic E-state index is 9.89. The third-order valence-corrected chi connectivity index (χ3v) is 5.30. The van der Waals surface area contributed by atoms with E-state index in [9.17, 15) is 5.11 Å². The highest BCUT2D eigenvalue weighted by Crippen LogP contribution is 2.21. The lowest BCUT2D eigenvalue weighted by molar-refractivity contribution is 0.0557. The third kappa shape index (κ3) is 6.23. The van der Waals surface area contributed by atoms with E-state index in [1.165, 1.54) is 71.4 Å². The van der Waals surface area contributed by atoms with Crippen LogP contribution in [0.25, 0.3) is 0 Å².